The minimum Gasteiger partial charge on any atom is -0.484 e. The molecule has 0 bridgehead atoms. The Hall–Kier alpha value is -2.27. The van der Waals surface area contributed by atoms with Gasteiger partial charge in [0.2, 0.25) is 0 Å². The third kappa shape index (κ3) is 4.65. The van der Waals surface area contributed by atoms with Crippen LogP contribution in [-0.2, 0) is 11.3 Å². The van der Waals surface area contributed by atoms with Gasteiger partial charge in [0.1, 0.15) is 11.6 Å². The quantitative estimate of drug-likeness (QED) is 0.862. The number of nitrogens with one attached hydrogen (secondary N) is 1. The smallest absolute Gasteiger partial charge is 0.255 e. The number of ether oxygens (including phenoxy) is 1. The van der Waals surface area contributed by atoms with Crippen LogP contribution in [0, 0.1) is 5.82 Å². The molecule has 0 fully saturated rings. The fraction of sp³-hybridized carbons (Fsp3) is 0.133. The highest BCUT2D eigenvalue weighted by Crippen LogP contribution is 2.18. The van der Waals surface area contributed by atoms with E-state index in [1.165, 1.54) is 12.1 Å². The molecule has 110 valence electrons. The van der Waals surface area contributed by atoms with E-state index in [9.17, 15) is 9.18 Å². The maximum atomic E-state index is 13.3. The number of benzene rings is 2. The van der Waals surface area contributed by atoms with Gasteiger partial charge in [0.05, 0.1) is 5.02 Å². The first-order chi connectivity index (χ1) is 10.0. The first-order valence-corrected chi connectivity index (χ1v) is 6.61. The van der Waals surface area contributed by atoms with E-state index in [0.29, 0.717) is 12.3 Å². The molecule has 0 unspecified atom stereocenters. The van der Waals surface area contributed by atoms with Crippen LogP contribution < -0.4 is 15.8 Å². The maximum absolute atomic E-state index is 13.3. The van der Waals surface area contributed by atoms with Crippen LogP contribution in [-0.4, -0.2) is 12.5 Å². The van der Waals surface area contributed by atoms with E-state index >= 15 is 0 Å². The Bertz CT molecular complexity index is 632. The van der Waals surface area contributed by atoms with Crippen LogP contribution in [0.1, 0.15) is 5.56 Å². The SMILES string of the molecule is NC(=O)COc1ccc(NCc2ccc(Cl)c(F)c2)cc1. The second-order valence-electron chi connectivity index (χ2n) is 4.38. The van der Waals surface area contributed by atoms with Gasteiger partial charge in [-0.05, 0) is 42.0 Å². The molecule has 0 saturated heterocycles. The maximum Gasteiger partial charge on any atom is 0.255 e. The molecule has 0 aromatic heterocycles. The van der Waals surface area contributed by atoms with Gasteiger partial charge in [-0.2, -0.15) is 0 Å². The Labute approximate surface area is 126 Å². The molecule has 2 aromatic carbocycles. The number of hydrogen-bond donors (Lipinski definition) is 2. The van der Waals surface area contributed by atoms with Crippen molar-refractivity contribution in [2.75, 3.05) is 11.9 Å². The minimum absolute atomic E-state index is 0.106. The van der Waals surface area contributed by atoms with E-state index in [2.05, 4.69) is 5.32 Å². The Morgan fingerprint density at radius 3 is 2.57 bits per heavy atom. The van der Waals surface area contributed by atoms with Gasteiger partial charge in [0.15, 0.2) is 6.61 Å². The number of halogens is 2. The molecule has 0 aliphatic heterocycles. The predicted octanol–water partition coefficient (Wildman–Crippen LogP) is 2.96. The fourth-order valence-corrected chi connectivity index (χ4v) is 1.79. The van der Waals surface area contributed by atoms with E-state index in [0.717, 1.165) is 11.3 Å². The number of carbonyl (C=O) groups excluding carboxylic acids is 1. The number of nitrogens with two attached hydrogens (primary N) is 1. The zero-order valence-electron chi connectivity index (χ0n) is 11.1. The first-order valence-electron chi connectivity index (χ1n) is 6.23. The first kappa shape index (κ1) is 15.1. The van der Waals surface area contributed by atoms with Gasteiger partial charge in [-0.3, -0.25) is 4.79 Å². The summed E-state index contributed by atoms with van der Waals surface area (Å²) in [5.74, 6) is -0.412. The van der Waals surface area contributed by atoms with Crippen LogP contribution in [0.5, 0.6) is 5.75 Å². The molecule has 2 rings (SSSR count). The summed E-state index contributed by atoms with van der Waals surface area (Å²) in [6, 6.07) is 11.7. The second kappa shape index (κ2) is 6.95. The van der Waals surface area contributed by atoms with Crippen molar-refractivity contribution >= 4 is 23.2 Å². The minimum atomic E-state index is -0.526. The van der Waals surface area contributed by atoms with Crippen molar-refractivity contribution in [3.63, 3.8) is 0 Å². The highest BCUT2D eigenvalue weighted by Gasteiger charge is 2.02. The van der Waals surface area contributed by atoms with E-state index in [-0.39, 0.29) is 11.6 Å². The summed E-state index contributed by atoms with van der Waals surface area (Å²) in [4.78, 5) is 10.6. The zero-order chi connectivity index (χ0) is 15.2. The third-order valence-electron chi connectivity index (χ3n) is 2.72. The summed E-state index contributed by atoms with van der Waals surface area (Å²) in [5, 5.41) is 3.25. The number of hydrogen-bond acceptors (Lipinski definition) is 3. The Morgan fingerprint density at radius 2 is 1.95 bits per heavy atom. The molecule has 0 heterocycles. The van der Waals surface area contributed by atoms with Crippen LogP contribution in [0.2, 0.25) is 5.02 Å². The van der Waals surface area contributed by atoms with Gasteiger partial charge in [0.25, 0.3) is 5.91 Å². The molecule has 0 aliphatic carbocycles. The molecule has 3 N–H and O–H groups in total. The van der Waals surface area contributed by atoms with Gasteiger partial charge in [-0.1, -0.05) is 17.7 Å². The van der Waals surface area contributed by atoms with Crippen molar-refractivity contribution in [1.29, 1.82) is 0 Å². The van der Waals surface area contributed by atoms with Crippen LogP contribution in [0.25, 0.3) is 0 Å². The predicted molar refractivity (Wildman–Crippen MR) is 79.9 cm³/mol. The third-order valence-corrected chi connectivity index (χ3v) is 3.02. The van der Waals surface area contributed by atoms with Gasteiger partial charge in [-0.15, -0.1) is 0 Å². The largest absolute Gasteiger partial charge is 0.484 e. The van der Waals surface area contributed by atoms with Crippen LogP contribution in [0.4, 0.5) is 10.1 Å². The average Bonchev–Trinajstić information content (AvgIpc) is 2.47. The molecule has 0 spiro atoms. The number of primary amides is 1. The molecule has 2 aromatic rings. The van der Waals surface area contributed by atoms with Crippen molar-refractivity contribution in [3.8, 4) is 5.75 Å². The summed E-state index contributed by atoms with van der Waals surface area (Å²) in [5.41, 5.74) is 6.62. The summed E-state index contributed by atoms with van der Waals surface area (Å²) in [6.45, 7) is 0.312. The van der Waals surface area contributed by atoms with Crippen molar-refractivity contribution in [1.82, 2.24) is 0 Å². The van der Waals surface area contributed by atoms with Gasteiger partial charge in [0, 0.05) is 12.2 Å². The van der Waals surface area contributed by atoms with Gasteiger partial charge in [-0.25, -0.2) is 4.39 Å². The Kier molecular flexibility index (Phi) is 5.00. The molecule has 4 nitrogen and oxygen atoms in total. The summed E-state index contributed by atoms with van der Waals surface area (Å²) >= 11 is 5.62. The molecule has 1 amide bonds. The molecular formula is C15H14ClFN2O2. The summed E-state index contributed by atoms with van der Waals surface area (Å²) < 4.78 is 18.4. The fourth-order valence-electron chi connectivity index (χ4n) is 1.68. The van der Waals surface area contributed by atoms with E-state index in [1.54, 1.807) is 30.3 Å². The van der Waals surface area contributed by atoms with Crippen molar-refractivity contribution in [2.45, 2.75) is 6.54 Å². The number of rotatable bonds is 6. The topological polar surface area (TPSA) is 64.4 Å². The molecule has 6 heteroatoms. The van der Waals surface area contributed by atoms with Crippen LogP contribution >= 0.6 is 11.6 Å². The van der Waals surface area contributed by atoms with Crippen LogP contribution in [0.3, 0.4) is 0 Å². The Balaban J connectivity index is 1.91. The normalized spacial score (nSPS) is 10.2. The van der Waals surface area contributed by atoms with E-state index in [4.69, 9.17) is 22.1 Å². The molecule has 0 atom stereocenters. The van der Waals surface area contributed by atoms with Gasteiger partial charge < -0.3 is 15.8 Å². The monoisotopic (exact) mass is 308 g/mol. The Morgan fingerprint density at radius 1 is 1.24 bits per heavy atom. The molecule has 0 aliphatic rings. The second-order valence-corrected chi connectivity index (χ2v) is 4.79. The lowest BCUT2D eigenvalue weighted by Gasteiger charge is -2.08. The number of anilines is 1. The molecule has 0 radical (unpaired) electrons. The summed E-state index contributed by atoms with van der Waals surface area (Å²) in [6.07, 6.45) is 0. The standard InChI is InChI=1S/C15H14ClFN2O2/c16-13-6-1-10(7-14(13)17)8-19-11-2-4-12(5-3-11)21-9-15(18)20/h1-7,19H,8-9H2,(H2,18,20). The van der Waals surface area contributed by atoms with E-state index < -0.39 is 11.7 Å². The van der Waals surface area contributed by atoms with Crippen molar-refractivity contribution in [3.05, 3.63) is 58.9 Å². The number of amides is 1. The average molecular weight is 309 g/mol. The van der Waals surface area contributed by atoms with Crippen LogP contribution in [0.15, 0.2) is 42.5 Å². The van der Waals surface area contributed by atoms with Crippen molar-refractivity contribution in [2.24, 2.45) is 5.73 Å². The lowest BCUT2D eigenvalue weighted by Crippen LogP contribution is -2.19. The zero-order valence-corrected chi connectivity index (χ0v) is 11.9. The highest BCUT2D eigenvalue weighted by molar-refractivity contribution is 6.30. The molecule has 0 saturated carbocycles. The molecule has 21 heavy (non-hydrogen) atoms. The lowest BCUT2D eigenvalue weighted by molar-refractivity contribution is -0.119. The molecular weight excluding hydrogens is 295 g/mol. The van der Waals surface area contributed by atoms with Crippen molar-refractivity contribution < 1.29 is 13.9 Å². The van der Waals surface area contributed by atoms with Gasteiger partial charge >= 0.3 is 0 Å². The lowest BCUT2D eigenvalue weighted by atomic mass is 10.2. The highest BCUT2D eigenvalue weighted by atomic mass is 35.5. The van der Waals surface area contributed by atoms with E-state index in [1.807, 2.05) is 0 Å². The number of carbonyl (C=O) groups is 1. The summed E-state index contributed by atoms with van der Waals surface area (Å²) in [7, 11) is 0.